The van der Waals surface area contributed by atoms with E-state index >= 15 is 0 Å². The summed E-state index contributed by atoms with van der Waals surface area (Å²) in [7, 11) is 1.66. The van der Waals surface area contributed by atoms with Crippen molar-refractivity contribution in [1.29, 1.82) is 5.26 Å². The lowest BCUT2D eigenvalue weighted by Crippen LogP contribution is -2.07. The molecule has 0 saturated carbocycles. The summed E-state index contributed by atoms with van der Waals surface area (Å²) in [5.74, 6) is 0.138. The second kappa shape index (κ2) is 7.43. The first-order chi connectivity index (χ1) is 10.6. The molecule has 0 amide bonds. The predicted octanol–water partition coefficient (Wildman–Crippen LogP) is 3.45. The molecule has 1 heterocycles. The van der Waals surface area contributed by atoms with E-state index in [1.54, 1.807) is 13.2 Å². The number of hydrogen-bond acceptors (Lipinski definition) is 4. The third kappa shape index (κ3) is 3.67. The predicted molar refractivity (Wildman–Crippen MR) is 84.3 cm³/mol. The molecule has 2 aromatic rings. The lowest BCUT2D eigenvalue weighted by Gasteiger charge is -2.09. The molecule has 116 valence electrons. The van der Waals surface area contributed by atoms with E-state index in [1.165, 1.54) is 23.9 Å². The number of aromatic nitrogens is 2. The Morgan fingerprint density at radius 3 is 2.86 bits per heavy atom. The average Bonchev–Trinajstić information content (AvgIpc) is 2.79. The molecule has 0 aliphatic rings. The Hall–Kier alpha value is -1.84. The number of hydrogen-bond donors (Lipinski definition) is 0. The first kappa shape index (κ1) is 16.5. The summed E-state index contributed by atoms with van der Waals surface area (Å²) < 4.78 is 21.0. The maximum absolute atomic E-state index is 13.8. The highest BCUT2D eigenvalue weighted by Crippen LogP contribution is 2.26. The molecule has 4 nitrogen and oxygen atoms in total. The van der Waals surface area contributed by atoms with Crippen LogP contribution in [-0.4, -0.2) is 23.3 Å². The Balaban J connectivity index is 2.18. The fourth-order valence-electron chi connectivity index (χ4n) is 2.08. The highest BCUT2D eigenvalue weighted by Gasteiger charge is 2.13. The summed E-state index contributed by atoms with van der Waals surface area (Å²) in [6, 6.07) is 6.44. The van der Waals surface area contributed by atoms with Crippen molar-refractivity contribution in [2.24, 2.45) is 0 Å². The van der Waals surface area contributed by atoms with Gasteiger partial charge in [0.25, 0.3) is 0 Å². The molecular weight excluding hydrogens is 301 g/mol. The third-order valence-electron chi connectivity index (χ3n) is 3.47. The number of nitrogens with zero attached hydrogens (tertiary/aromatic N) is 3. The van der Waals surface area contributed by atoms with Crippen molar-refractivity contribution in [2.75, 3.05) is 13.7 Å². The standard InChI is InChI=1S/C16H18FN3OS/c1-11-12(2)20(6-7-21-3)16(19-11)22-10-14-8-13(9-18)4-5-15(14)17/h4-5,8H,6-7,10H2,1-3H3. The SMILES string of the molecule is COCCn1c(SCc2cc(C#N)ccc2F)nc(C)c1C. The lowest BCUT2D eigenvalue weighted by molar-refractivity contribution is 0.184. The van der Waals surface area contributed by atoms with E-state index in [-0.39, 0.29) is 5.82 Å². The highest BCUT2D eigenvalue weighted by atomic mass is 32.2. The van der Waals surface area contributed by atoms with E-state index in [2.05, 4.69) is 9.55 Å². The van der Waals surface area contributed by atoms with E-state index in [1.807, 2.05) is 19.9 Å². The minimum Gasteiger partial charge on any atom is -0.383 e. The molecule has 0 bridgehead atoms. The molecule has 0 radical (unpaired) electrons. The van der Waals surface area contributed by atoms with Crippen LogP contribution in [-0.2, 0) is 17.0 Å². The van der Waals surface area contributed by atoms with Crippen molar-refractivity contribution in [2.45, 2.75) is 31.3 Å². The zero-order chi connectivity index (χ0) is 16.1. The van der Waals surface area contributed by atoms with Gasteiger partial charge >= 0.3 is 0 Å². The molecule has 0 spiro atoms. The van der Waals surface area contributed by atoms with Crippen LogP contribution in [0, 0.1) is 31.0 Å². The number of halogens is 1. The van der Waals surface area contributed by atoms with Gasteiger partial charge < -0.3 is 9.30 Å². The highest BCUT2D eigenvalue weighted by molar-refractivity contribution is 7.98. The van der Waals surface area contributed by atoms with Gasteiger partial charge in [-0.25, -0.2) is 9.37 Å². The quantitative estimate of drug-likeness (QED) is 0.765. The van der Waals surface area contributed by atoms with E-state index in [4.69, 9.17) is 10.00 Å². The number of thioether (sulfide) groups is 1. The molecule has 22 heavy (non-hydrogen) atoms. The Labute approximate surface area is 133 Å². The first-order valence-electron chi connectivity index (χ1n) is 6.90. The van der Waals surface area contributed by atoms with Crippen LogP contribution in [0.5, 0.6) is 0 Å². The van der Waals surface area contributed by atoms with E-state index < -0.39 is 0 Å². The summed E-state index contributed by atoms with van der Waals surface area (Å²) in [6.07, 6.45) is 0. The number of nitriles is 1. The summed E-state index contributed by atoms with van der Waals surface area (Å²) >= 11 is 1.47. The van der Waals surface area contributed by atoms with Crippen molar-refractivity contribution in [3.63, 3.8) is 0 Å². The number of benzene rings is 1. The van der Waals surface area contributed by atoms with Gasteiger partial charge in [0.1, 0.15) is 5.82 Å². The van der Waals surface area contributed by atoms with Crippen LogP contribution in [0.2, 0.25) is 0 Å². The molecule has 0 atom stereocenters. The molecule has 6 heteroatoms. The molecule has 0 saturated heterocycles. The van der Waals surface area contributed by atoms with Gasteiger partial charge in [-0.15, -0.1) is 0 Å². The van der Waals surface area contributed by atoms with Gasteiger partial charge in [0.05, 0.1) is 23.9 Å². The average molecular weight is 319 g/mol. The summed E-state index contributed by atoms with van der Waals surface area (Å²) in [6.45, 7) is 5.28. The minimum atomic E-state index is -0.296. The number of aryl methyl sites for hydroxylation is 1. The fourth-order valence-corrected chi connectivity index (χ4v) is 3.17. The van der Waals surface area contributed by atoms with Crippen molar-refractivity contribution >= 4 is 11.8 Å². The van der Waals surface area contributed by atoms with Crippen molar-refractivity contribution < 1.29 is 9.13 Å². The number of imidazole rings is 1. The summed E-state index contributed by atoms with van der Waals surface area (Å²) in [5, 5.41) is 9.75. The van der Waals surface area contributed by atoms with Crippen molar-refractivity contribution in [1.82, 2.24) is 9.55 Å². The van der Waals surface area contributed by atoms with Crippen LogP contribution >= 0.6 is 11.8 Å². The van der Waals surface area contributed by atoms with E-state index in [9.17, 15) is 4.39 Å². The van der Waals surface area contributed by atoms with Gasteiger partial charge in [0.2, 0.25) is 0 Å². The molecule has 0 fully saturated rings. The Morgan fingerprint density at radius 2 is 2.18 bits per heavy atom. The molecular formula is C16H18FN3OS. The van der Waals surface area contributed by atoms with Gasteiger partial charge in [-0.3, -0.25) is 0 Å². The Kier molecular flexibility index (Phi) is 5.58. The van der Waals surface area contributed by atoms with Crippen LogP contribution in [0.25, 0.3) is 0 Å². The van der Waals surface area contributed by atoms with E-state index in [0.717, 1.165) is 16.5 Å². The van der Waals surface area contributed by atoms with Gasteiger partial charge in [-0.2, -0.15) is 5.26 Å². The maximum atomic E-state index is 13.8. The molecule has 1 aromatic carbocycles. The molecule has 2 rings (SSSR count). The molecule has 0 N–H and O–H groups in total. The van der Waals surface area contributed by atoms with Crippen molar-refractivity contribution in [3.05, 3.63) is 46.5 Å². The van der Waals surface area contributed by atoms with Crippen LogP contribution in [0.4, 0.5) is 4.39 Å². The molecule has 1 aromatic heterocycles. The van der Waals surface area contributed by atoms with E-state index in [0.29, 0.717) is 30.0 Å². The van der Waals surface area contributed by atoms with Crippen molar-refractivity contribution in [3.8, 4) is 6.07 Å². The van der Waals surface area contributed by atoms with Gasteiger partial charge in [0.15, 0.2) is 5.16 Å². The van der Waals surface area contributed by atoms with Crippen LogP contribution < -0.4 is 0 Å². The normalized spacial score (nSPS) is 10.7. The van der Waals surface area contributed by atoms with Gasteiger partial charge in [0, 0.05) is 25.1 Å². The van der Waals surface area contributed by atoms with Gasteiger partial charge in [-0.05, 0) is 37.6 Å². The molecule has 0 unspecified atom stereocenters. The number of rotatable bonds is 6. The Morgan fingerprint density at radius 1 is 1.41 bits per heavy atom. The van der Waals surface area contributed by atoms with Gasteiger partial charge in [-0.1, -0.05) is 11.8 Å². The number of ether oxygens (including phenoxy) is 1. The molecule has 0 aliphatic carbocycles. The summed E-state index contributed by atoms with van der Waals surface area (Å²) in [5.41, 5.74) is 3.03. The smallest absolute Gasteiger partial charge is 0.168 e. The second-order valence-electron chi connectivity index (χ2n) is 4.92. The largest absolute Gasteiger partial charge is 0.383 e. The van der Waals surface area contributed by atoms with Crippen LogP contribution in [0.3, 0.4) is 0 Å². The first-order valence-corrected chi connectivity index (χ1v) is 7.89. The fraction of sp³-hybridized carbons (Fsp3) is 0.375. The molecule has 0 aliphatic heterocycles. The second-order valence-corrected chi connectivity index (χ2v) is 5.86. The summed E-state index contributed by atoms with van der Waals surface area (Å²) in [4.78, 5) is 4.53. The third-order valence-corrected chi connectivity index (χ3v) is 4.50. The van der Waals surface area contributed by atoms with Crippen LogP contribution in [0.1, 0.15) is 22.5 Å². The topological polar surface area (TPSA) is 50.8 Å². The lowest BCUT2D eigenvalue weighted by atomic mass is 10.1. The van der Waals surface area contributed by atoms with Crippen LogP contribution in [0.15, 0.2) is 23.4 Å². The maximum Gasteiger partial charge on any atom is 0.168 e. The monoisotopic (exact) mass is 319 g/mol. The number of methoxy groups -OCH3 is 1. The zero-order valence-electron chi connectivity index (χ0n) is 12.9. The Bertz CT molecular complexity index is 706. The zero-order valence-corrected chi connectivity index (χ0v) is 13.7. The minimum absolute atomic E-state index is 0.296.